The van der Waals surface area contributed by atoms with E-state index in [4.69, 9.17) is 4.74 Å². The lowest BCUT2D eigenvalue weighted by Crippen LogP contribution is -2.13. The summed E-state index contributed by atoms with van der Waals surface area (Å²) < 4.78 is 8.48. The predicted octanol–water partition coefficient (Wildman–Crippen LogP) is 4.08. The Bertz CT molecular complexity index is 688. The van der Waals surface area contributed by atoms with Crippen molar-refractivity contribution in [2.75, 3.05) is 7.11 Å². The normalized spacial score (nSPS) is 14.2. The number of benzene rings is 1. The minimum absolute atomic E-state index is 0.257. The number of carbonyl (C=O) groups is 1. The summed E-state index contributed by atoms with van der Waals surface area (Å²) in [6.45, 7) is 2.04. The number of aryl methyl sites for hydroxylation is 1. The number of Topliss-reactive ketones (excluding diaryl/α,β-unsaturated/α-hetero) is 1. The van der Waals surface area contributed by atoms with E-state index in [0.29, 0.717) is 6.42 Å². The van der Waals surface area contributed by atoms with Gasteiger partial charge in [-0.05, 0) is 53.9 Å². The number of rotatable bonds is 2. The third-order valence-electron chi connectivity index (χ3n) is 3.80. The number of nitrogens with zero attached hydrogens (tertiary/aromatic N) is 1. The summed E-state index contributed by atoms with van der Waals surface area (Å²) in [5.41, 5.74) is 4.10. The van der Waals surface area contributed by atoms with E-state index in [1.165, 1.54) is 0 Å². The van der Waals surface area contributed by atoms with Crippen molar-refractivity contribution >= 4 is 21.7 Å². The molecule has 3 nitrogen and oxygen atoms in total. The highest BCUT2D eigenvalue weighted by Crippen LogP contribution is 2.33. The minimum atomic E-state index is 0.257. The number of ether oxygens (including phenoxy) is 1. The van der Waals surface area contributed by atoms with Crippen LogP contribution in [-0.4, -0.2) is 17.5 Å². The molecule has 4 heteroatoms. The van der Waals surface area contributed by atoms with Gasteiger partial charge in [-0.15, -0.1) is 0 Å². The Kier molecular flexibility index (Phi) is 3.42. The lowest BCUT2D eigenvalue weighted by atomic mass is 9.96. The van der Waals surface area contributed by atoms with Gasteiger partial charge in [-0.3, -0.25) is 4.79 Å². The average molecular weight is 334 g/mol. The second-order valence-electron chi connectivity index (χ2n) is 5.08. The molecule has 0 fully saturated rings. The maximum Gasteiger partial charge on any atom is 0.164 e. The molecule has 20 heavy (non-hydrogen) atoms. The van der Waals surface area contributed by atoms with Gasteiger partial charge >= 0.3 is 0 Å². The monoisotopic (exact) mass is 333 g/mol. The van der Waals surface area contributed by atoms with Crippen LogP contribution in [-0.2, 0) is 6.42 Å². The van der Waals surface area contributed by atoms with E-state index in [1.807, 2.05) is 31.2 Å². The summed E-state index contributed by atoms with van der Waals surface area (Å²) in [6.07, 6.45) is 2.53. The standard InChI is InChI=1S/C16H16BrNO2/c1-10-8-12-14(4-3-5-16(12)19)18(10)15-9-11(20-2)6-7-13(15)17/h6-9H,3-5H2,1-2H3. The van der Waals surface area contributed by atoms with E-state index in [-0.39, 0.29) is 5.78 Å². The van der Waals surface area contributed by atoms with E-state index >= 15 is 0 Å². The van der Waals surface area contributed by atoms with E-state index < -0.39 is 0 Å². The Hall–Kier alpha value is -1.55. The molecule has 0 saturated carbocycles. The topological polar surface area (TPSA) is 31.2 Å². The highest BCUT2D eigenvalue weighted by Gasteiger charge is 2.24. The molecule has 0 aliphatic heterocycles. The second kappa shape index (κ2) is 5.09. The second-order valence-corrected chi connectivity index (χ2v) is 5.93. The first kappa shape index (κ1) is 13.4. The molecule has 0 saturated heterocycles. The SMILES string of the molecule is COc1ccc(Br)c(-n2c(C)cc3c2CCCC3=O)c1. The molecule has 1 aromatic carbocycles. The number of hydrogen-bond donors (Lipinski definition) is 0. The van der Waals surface area contributed by atoms with Crippen molar-refractivity contribution in [2.24, 2.45) is 0 Å². The van der Waals surface area contributed by atoms with Crippen LogP contribution in [0.3, 0.4) is 0 Å². The van der Waals surface area contributed by atoms with Crippen molar-refractivity contribution in [3.63, 3.8) is 0 Å². The van der Waals surface area contributed by atoms with Crippen molar-refractivity contribution in [1.29, 1.82) is 0 Å². The number of aromatic nitrogens is 1. The Morgan fingerprint density at radius 3 is 2.80 bits per heavy atom. The van der Waals surface area contributed by atoms with Gasteiger partial charge in [0, 0.05) is 33.9 Å². The van der Waals surface area contributed by atoms with Gasteiger partial charge in [0.25, 0.3) is 0 Å². The van der Waals surface area contributed by atoms with Crippen molar-refractivity contribution in [2.45, 2.75) is 26.2 Å². The van der Waals surface area contributed by atoms with Crippen LogP contribution in [0.15, 0.2) is 28.7 Å². The molecule has 1 aliphatic rings. The number of ketones is 1. The molecule has 1 aromatic heterocycles. The number of fused-ring (bicyclic) bond motifs is 1. The van der Waals surface area contributed by atoms with E-state index in [2.05, 4.69) is 20.5 Å². The third kappa shape index (κ3) is 2.08. The average Bonchev–Trinajstić information content (AvgIpc) is 2.77. The summed E-state index contributed by atoms with van der Waals surface area (Å²) in [5.74, 6) is 1.07. The van der Waals surface area contributed by atoms with Gasteiger partial charge in [0.15, 0.2) is 5.78 Å². The zero-order valence-corrected chi connectivity index (χ0v) is 13.2. The van der Waals surface area contributed by atoms with Crippen molar-refractivity contribution < 1.29 is 9.53 Å². The van der Waals surface area contributed by atoms with Gasteiger partial charge in [0.1, 0.15) is 5.75 Å². The summed E-state index contributed by atoms with van der Waals surface area (Å²) >= 11 is 3.60. The first-order valence-corrected chi connectivity index (χ1v) is 7.49. The molecule has 104 valence electrons. The molecule has 0 N–H and O–H groups in total. The van der Waals surface area contributed by atoms with Gasteiger partial charge in [0.05, 0.1) is 12.8 Å². The molecular formula is C16H16BrNO2. The minimum Gasteiger partial charge on any atom is -0.497 e. The van der Waals surface area contributed by atoms with E-state index in [9.17, 15) is 4.79 Å². The molecule has 3 rings (SSSR count). The third-order valence-corrected chi connectivity index (χ3v) is 4.47. The smallest absolute Gasteiger partial charge is 0.164 e. The van der Waals surface area contributed by atoms with E-state index in [1.54, 1.807) is 7.11 Å². The molecule has 0 spiro atoms. The summed E-state index contributed by atoms with van der Waals surface area (Å²) in [5, 5.41) is 0. The van der Waals surface area contributed by atoms with E-state index in [0.717, 1.165) is 45.7 Å². The van der Waals surface area contributed by atoms with Crippen LogP contribution in [0.4, 0.5) is 0 Å². The first-order chi connectivity index (χ1) is 9.61. The summed E-state index contributed by atoms with van der Waals surface area (Å²) in [6, 6.07) is 7.90. The molecule has 0 unspecified atom stereocenters. The zero-order valence-electron chi connectivity index (χ0n) is 11.6. The maximum atomic E-state index is 12.0. The molecule has 0 amide bonds. The summed E-state index contributed by atoms with van der Waals surface area (Å²) in [7, 11) is 1.66. The maximum absolute atomic E-state index is 12.0. The molecule has 1 heterocycles. The highest BCUT2D eigenvalue weighted by molar-refractivity contribution is 9.10. The Balaban J connectivity index is 2.22. The summed E-state index contributed by atoms with van der Waals surface area (Å²) in [4.78, 5) is 12.0. The Labute approximate surface area is 126 Å². The van der Waals surface area contributed by atoms with Gasteiger partial charge in [0.2, 0.25) is 0 Å². The molecule has 1 aliphatic carbocycles. The fourth-order valence-electron chi connectivity index (χ4n) is 2.86. The Morgan fingerprint density at radius 2 is 2.05 bits per heavy atom. The van der Waals surface area contributed by atoms with Crippen molar-refractivity contribution in [3.8, 4) is 11.4 Å². The molecule has 0 bridgehead atoms. The fourth-order valence-corrected chi connectivity index (χ4v) is 3.28. The van der Waals surface area contributed by atoms with Crippen LogP contribution in [0, 0.1) is 6.92 Å². The molecular weight excluding hydrogens is 318 g/mol. The van der Waals surface area contributed by atoms with Crippen LogP contribution in [0.1, 0.15) is 34.6 Å². The number of halogens is 1. The zero-order chi connectivity index (χ0) is 14.3. The molecule has 2 aromatic rings. The van der Waals surface area contributed by atoms with Gasteiger partial charge < -0.3 is 9.30 Å². The lowest BCUT2D eigenvalue weighted by Gasteiger charge is -2.17. The predicted molar refractivity (Wildman–Crippen MR) is 82.0 cm³/mol. The molecule has 0 radical (unpaired) electrons. The largest absolute Gasteiger partial charge is 0.497 e. The lowest BCUT2D eigenvalue weighted by molar-refractivity contribution is 0.0972. The van der Waals surface area contributed by atoms with Crippen molar-refractivity contribution in [3.05, 3.63) is 45.7 Å². The van der Waals surface area contributed by atoms with Crippen LogP contribution >= 0.6 is 15.9 Å². The van der Waals surface area contributed by atoms with Crippen LogP contribution in [0.25, 0.3) is 5.69 Å². The quantitative estimate of drug-likeness (QED) is 0.829. The van der Waals surface area contributed by atoms with Gasteiger partial charge in [-0.2, -0.15) is 0 Å². The number of hydrogen-bond acceptors (Lipinski definition) is 2. The Morgan fingerprint density at radius 1 is 1.25 bits per heavy atom. The van der Waals surface area contributed by atoms with Crippen LogP contribution in [0.2, 0.25) is 0 Å². The van der Waals surface area contributed by atoms with Crippen LogP contribution < -0.4 is 4.74 Å². The number of carbonyl (C=O) groups excluding carboxylic acids is 1. The number of methoxy groups -OCH3 is 1. The van der Waals surface area contributed by atoms with Crippen LogP contribution in [0.5, 0.6) is 5.75 Å². The highest BCUT2D eigenvalue weighted by atomic mass is 79.9. The van der Waals surface area contributed by atoms with Crippen molar-refractivity contribution in [1.82, 2.24) is 4.57 Å². The van der Waals surface area contributed by atoms with Gasteiger partial charge in [-0.1, -0.05) is 0 Å². The van der Waals surface area contributed by atoms with Gasteiger partial charge in [-0.25, -0.2) is 0 Å². The fraction of sp³-hybridized carbons (Fsp3) is 0.312. The molecule has 0 atom stereocenters. The first-order valence-electron chi connectivity index (χ1n) is 6.70.